The maximum Gasteiger partial charge on any atom is 0.466 e. The molecule has 2 rings (SSSR count). The second-order valence-electron chi connectivity index (χ2n) is 7.26. The Kier molecular flexibility index (Phi) is 12.8. The van der Waals surface area contributed by atoms with Crippen LogP contribution in [0.1, 0.15) is 32.0 Å². The van der Waals surface area contributed by atoms with E-state index in [0.717, 1.165) is 23.9 Å². The predicted molar refractivity (Wildman–Crippen MR) is 107 cm³/mol. The highest BCUT2D eigenvalue weighted by Gasteiger charge is 2.17. The van der Waals surface area contributed by atoms with Crippen LogP contribution >= 0.6 is 7.82 Å². The Morgan fingerprint density at radius 3 is 2.23 bits per heavy atom. The van der Waals surface area contributed by atoms with Gasteiger partial charge in [-0.25, -0.2) is 18.0 Å². The van der Waals surface area contributed by atoms with Gasteiger partial charge in [-0.1, -0.05) is 20.8 Å². The lowest BCUT2D eigenvalue weighted by molar-refractivity contribution is 0.239. The fourth-order valence-corrected chi connectivity index (χ4v) is 2.20. The summed E-state index contributed by atoms with van der Waals surface area (Å²) in [4.78, 5) is 21.6. The SMILES string of the molecule is CNCc1cc(OCc2cc(F)ccc2F)n(CC(C)(C)C)n1.O.O.O=P(O)(O)O. The third kappa shape index (κ3) is 12.6. The van der Waals surface area contributed by atoms with Gasteiger partial charge in [-0.15, -0.1) is 0 Å². The van der Waals surface area contributed by atoms with E-state index < -0.39 is 19.5 Å². The van der Waals surface area contributed by atoms with Gasteiger partial charge in [-0.3, -0.25) is 0 Å². The molecule has 0 radical (unpaired) electrons. The monoisotopic (exact) mass is 457 g/mol. The van der Waals surface area contributed by atoms with Crippen LogP contribution in [0.15, 0.2) is 24.3 Å². The van der Waals surface area contributed by atoms with Gasteiger partial charge in [0.25, 0.3) is 0 Å². The molecule has 0 aliphatic carbocycles. The van der Waals surface area contributed by atoms with Crippen molar-refractivity contribution in [3.8, 4) is 5.88 Å². The molecule has 13 heteroatoms. The summed E-state index contributed by atoms with van der Waals surface area (Å²) in [6.45, 7) is 7.53. The minimum absolute atomic E-state index is 0. The number of hydrogen-bond acceptors (Lipinski definition) is 4. The van der Waals surface area contributed by atoms with E-state index in [4.69, 9.17) is 24.0 Å². The number of halogens is 2. The maximum absolute atomic E-state index is 13.7. The van der Waals surface area contributed by atoms with Crippen molar-refractivity contribution in [2.75, 3.05) is 7.05 Å². The highest BCUT2D eigenvalue weighted by molar-refractivity contribution is 7.45. The topological polar surface area (TPSA) is 180 Å². The highest BCUT2D eigenvalue weighted by Crippen LogP contribution is 2.26. The van der Waals surface area contributed by atoms with E-state index in [1.165, 1.54) is 0 Å². The Hall–Kier alpha value is -1.92. The Balaban J connectivity index is 0. The Morgan fingerprint density at radius 2 is 1.73 bits per heavy atom. The molecule has 0 aliphatic rings. The molecule has 2 aromatic rings. The van der Waals surface area contributed by atoms with E-state index in [-0.39, 0.29) is 28.5 Å². The van der Waals surface area contributed by atoms with Gasteiger partial charge in [0.1, 0.15) is 18.2 Å². The zero-order valence-corrected chi connectivity index (χ0v) is 18.1. The molecule has 0 aliphatic heterocycles. The number of nitrogens with zero attached hydrogens (tertiary/aromatic N) is 2. The number of aromatic nitrogens is 2. The van der Waals surface area contributed by atoms with Gasteiger partial charge in [0.05, 0.1) is 5.69 Å². The lowest BCUT2D eigenvalue weighted by Crippen LogP contribution is -2.18. The minimum Gasteiger partial charge on any atom is -0.473 e. The molecule has 8 N–H and O–H groups in total. The van der Waals surface area contributed by atoms with Crippen molar-refractivity contribution in [3.05, 3.63) is 47.2 Å². The van der Waals surface area contributed by atoms with E-state index >= 15 is 0 Å². The molecule has 1 aromatic heterocycles. The summed E-state index contributed by atoms with van der Waals surface area (Å²) in [5, 5.41) is 7.54. The van der Waals surface area contributed by atoms with Gasteiger partial charge in [-0.05, 0) is 30.7 Å². The first kappa shape index (κ1) is 30.3. The summed E-state index contributed by atoms with van der Waals surface area (Å²) in [6.07, 6.45) is 0. The van der Waals surface area contributed by atoms with Crippen molar-refractivity contribution in [1.82, 2.24) is 15.1 Å². The zero-order valence-electron chi connectivity index (χ0n) is 17.2. The van der Waals surface area contributed by atoms with E-state index in [1.807, 2.05) is 13.1 Å². The summed E-state index contributed by atoms with van der Waals surface area (Å²) < 4.78 is 43.3. The maximum atomic E-state index is 13.7. The van der Waals surface area contributed by atoms with Gasteiger partial charge in [0, 0.05) is 24.7 Å². The first-order chi connectivity index (χ1) is 12.8. The molecular formula is C17H30F2N3O7P. The molecule has 10 nitrogen and oxygen atoms in total. The molecule has 0 saturated carbocycles. The van der Waals surface area contributed by atoms with Crippen molar-refractivity contribution in [2.45, 2.75) is 40.5 Å². The van der Waals surface area contributed by atoms with E-state index in [2.05, 4.69) is 31.2 Å². The molecule has 0 fully saturated rings. The zero-order chi connectivity index (χ0) is 21.5. The van der Waals surface area contributed by atoms with Crippen molar-refractivity contribution >= 4 is 7.82 Å². The van der Waals surface area contributed by atoms with Crippen molar-refractivity contribution in [3.63, 3.8) is 0 Å². The lowest BCUT2D eigenvalue weighted by Gasteiger charge is -2.19. The van der Waals surface area contributed by atoms with Crippen molar-refractivity contribution < 1.29 is 43.7 Å². The van der Waals surface area contributed by atoms with Crippen LogP contribution in [0, 0.1) is 17.0 Å². The Labute approximate surface area is 173 Å². The average molecular weight is 457 g/mol. The van der Waals surface area contributed by atoms with Gasteiger partial charge in [0.15, 0.2) is 0 Å². The van der Waals surface area contributed by atoms with Crippen molar-refractivity contribution in [1.29, 1.82) is 0 Å². The first-order valence-corrected chi connectivity index (χ1v) is 9.91. The average Bonchev–Trinajstić information content (AvgIpc) is 2.86. The fraction of sp³-hybridized carbons (Fsp3) is 0.471. The second kappa shape index (κ2) is 12.7. The van der Waals surface area contributed by atoms with Gasteiger partial charge in [0.2, 0.25) is 5.88 Å². The molecule has 0 amide bonds. The number of benzene rings is 1. The van der Waals surface area contributed by atoms with Crippen molar-refractivity contribution in [2.24, 2.45) is 5.41 Å². The summed E-state index contributed by atoms with van der Waals surface area (Å²) in [6, 6.07) is 5.16. The van der Waals surface area contributed by atoms with E-state index in [0.29, 0.717) is 19.0 Å². The lowest BCUT2D eigenvalue weighted by atomic mass is 9.97. The number of rotatable bonds is 6. The smallest absolute Gasteiger partial charge is 0.466 e. The van der Waals surface area contributed by atoms with Crippen LogP contribution in [0.5, 0.6) is 5.88 Å². The third-order valence-electron chi connectivity index (χ3n) is 3.16. The first-order valence-electron chi connectivity index (χ1n) is 8.35. The molecule has 1 aromatic carbocycles. The normalized spacial score (nSPS) is 11.0. The second-order valence-corrected chi connectivity index (χ2v) is 8.29. The quantitative estimate of drug-likeness (QED) is 0.466. The highest BCUT2D eigenvalue weighted by atomic mass is 31.2. The molecule has 0 spiro atoms. The van der Waals surface area contributed by atoms with Crippen LogP contribution in [0.4, 0.5) is 8.78 Å². The van der Waals surface area contributed by atoms with Crippen LogP contribution in [-0.2, 0) is 24.3 Å². The van der Waals surface area contributed by atoms with Gasteiger partial charge < -0.3 is 35.7 Å². The number of phosphoric acid groups is 1. The summed E-state index contributed by atoms with van der Waals surface area (Å²) in [5.74, 6) is -0.415. The molecule has 0 atom stereocenters. The third-order valence-corrected chi connectivity index (χ3v) is 3.16. The number of ether oxygens (including phenoxy) is 1. The molecule has 0 bridgehead atoms. The van der Waals surface area contributed by atoms with Gasteiger partial charge in [-0.2, -0.15) is 5.10 Å². The fourth-order valence-electron chi connectivity index (χ4n) is 2.20. The number of hydrogen-bond donors (Lipinski definition) is 4. The number of nitrogens with one attached hydrogen (secondary N) is 1. The van der Waals surface area contributed by atoms with E-state index in [1.54, 1.807) is 4.68 Å². The van der Waals surface area contributed by atoms with Crippen LogP contribution in [0.3, 0.4) is 0 Å². The molecule has 0 saturated heterocycles. The Bertz CT molecular complexity index is 814. The summed E-state index contributed by atoms with van der Waals surface area (Å²) in [5.41, 5.74) is 1.04. The minimum atomic E-state index is -4.64. The predicted octanol–water partition coefficient (Wildman–Crippen LogP) is 0.928. The molecule has 0 unspecified atom stereocenters. The van der Waals surface area contributed by atoms with Crippen LogP contribution in [0.25, 0.3) is 0 Å². The summed E-state index contributed by atoms with van der Waals surface area (Å²) in [7, 11) is -2.80. The Morgan fingerprint density at radius 1 is 1.17 bits per heavy atom. The summed E-state index contributed by atoms with van der Waals surface area (Å²) >= 11 is 0. The van der Waals surface area contributed by atoms with Crippen LogP contribution < -0.4 is 10.1 Å². The molecule has 30 heavy (non-hydrogen) atoms. The van der Waals surface area contributed by atoms with Crippen LogP contribution in [-0.4, -0.2) is 42.5 Å². The standard InChI is InChI=1S/C17H23F2N3O.H3O4P.2H2O/c1-17(2,3)11-22-16(8-14(21-22)9-20-4)23-10-12-7-13(18)5-6-15(12)19;1-5(2,3)4;;/h5-8,20H,9-11H2,1-4H3;(H3,1,2,3,4);2*1H2. The molecule has 174 valence electrons. The molecule has 1 heterocycles. The van der Waals surface area contributed by atoms with Gasteiger partial charge >= 0.3 is 7.82 Å². The van der Waals surface area contributed by atoms with Crippen LogP contribution in [0.2, 0.25) is 0 Å². The largest absolute Gasteiger partial charge is 0.473 e. The van der Waals surface area contributed by atoms with E-state index in [9.17, 15) is 8.78 Å². The molecular weight excluding hydrogens is 427 g/mol.